The Bertz CT molecular complexity index is 527. The number of halogens is 2. The summed E-state index contributed by atoms with van der Waals surface area (Å²) in [6.07, 6.45) is 1.86. The van der Waals surface area contributed by atoms with Crippen LogP contribution in [0.15, 0.2) is 22.7 Å². The molecule has 0 amide bonds. The van der Waals surface area contributed by atoms with Crippen LogP contribution in [0, 0.1) is 0 Å². The van der Waals surface area contributed by atoms with Gasteiger partial charge in [0.1, 0.15) is 11.6 Å². The third-order valence-electron chi connectivity index (χ3n) is 3.43. The van der Waals surface area contributed by atoms with Gasteiger partial charge in [0.15, 0.2) is 0 Å². The monoisotopic (exact) mass is 373 g/mol. The molecule has 116 valence electrons. The molecule has 1 heterocycles. The highest BCUT2D eigenvalue weighted by Crippen LogP contribution is 2.27. The van der Waals surface area contributed by atoms with E-state index >= 15 is 0 Å². The first-order valence-corrected chi connectivity index (χ1v) is 8.34. The fourth-order valence-electron chi connectivity index (χ4n) is 2.52. The molecule has 21 heavy (non-hydrogen) atoms. The third kappa shape index (κ3) is 4.70. The number of carbonyl (C=O) groups excluding carboxylic acids is 1. The Balaban J connectivity index is 2.06. The number of hydrogen-bond donors (Lipinski definition) is 0. The maximum absolute atomic E-state index is 12.3. The first-order valence-electron chi connectivity index (χ1n) is 7.17. The number of nitrogens with zero attached hydrogens (tertiary/aromatic N) is 1. The van der Waals surface area contributed by atoms with E-state index in [1.54, 1.807) is 0 Å². The van der Waals surface area contributed by atoms with E-state index in [0.717, 1.165) is 34.4 Å². The summed E-state index contributed by atoms with van der Waals surface area (Å²) in [5.74, 6) is -0.131. The molecule has 5 heteroatoms. The summed E-state index contributed by atoms with van der Waals surface area (Å²) >= 11 is 9.67. The Labute approximate surface area is 139 Å². The predicted molar refractivity (Wildman–Crippen MR) is 88.4 cm³/mol. The molecule has 0 spiro atoms. The van der Waals surface area contributed by atoms with Gasteiger partial charge in [-0.1, -0.05) is 33.6 Å². The summed E-state index contributed by atoms with van der Waals surface area (Å²) in [5.41, 5.74) is 0.593. The fourth-order valence-corrected chi connectivity index (χ4v) is 3.25. The average molecular weight is 375 g/mol. The standard InChI is InChI=1S/C16H21BrClNO2/c1-16(2,3)21-15(20)14-5-4-8-19(14)10-11-6-7-12(17)9-13(11)18/h6-7,9,14H,4-5,8,10H2,1-3H3/t14-/m1/s1. The smallest absolute Gasteiger partial charge is 0.323 e. The lowest BCUT2D eigenvalue weighted by Crippen LogP contribution is -2.40. The van der Waals surface area contributed by atoms with Crippen LogP contribution < -0.4 is 0 Å². The van der Waals surface area contributed by atoms with Gasteiger partial charge in [-0.3, -0.25) is 9.69 Å². The Morgan fingerprint density at radius 2 is 2.19 bits per heavy atom. The molecule has 0 unspecified atom stereocenters. The molecule has 0 radical (unpaired) electrons. The summed E-state index contributed by atoms with van der Waals surface area (Å²) in [4.78, 5) is 14.5. The van der Waals surface area contributed by atoms with Crippen LogP contribution in [0.3, 0.4) is 0 Å². The summed E-state index contributed by atoms with van der Waals surface area (Å²) in [5, 5.41) is 0.721. The highest BCUT2D eigenvalue weighted by Gasteiger charge is 2.34. The SMILES string of the molecule is CC(C)(C)OC(=O)[C@H]1CCCN1Cc1ccc(Br)cc1Cl. The van der Waals surface area contributed by atoms with Gasteiger partial charge in [-0.25, -0.2) is 0 Å². The van der Waals surface area contributed by atoms with E-state index in [4.69, 9.17) is 16.3 Å². The van der Waals surface area contributed by atoms with Crippen LogP contribution in [0.5, 0.6) is 0 Å². The van der Waals surface area contributed by atoms with Crippen molar-refractivity contribution in [3.05, 3.63) is 33.3 Å². The molecule has 0 aliphatic carbocycles. The van der Waals surface area contributed by atoms with Crippen LogP contribution in [-0.4, -0.2) is 29.1 Å². The van der Waals surface area contributed by atoms with Gasteiger partial charge in [-0.2, -0.15) is 0 Å². The third-order valence-corrected chi connectivity index (χ3v) is 4.28. The normalized spacial score (nSPS) is 19.8. The molecule has 0 aromatic heterocycles. The largest absolute Gasteiger partial charge is 0.459 e. The maximum atomic E-state index is 12.3. The number of likely N-dealkylation sites (tertiary alicyclic amines) is 1. The van der Waals surface area contributed by atoms with Crippen molar-refractivity contribution >= 4 is 33.5 Å². The van der Waals surface area contributed by atoms with Gasteiger partial charge in [0.05, 0.1) is 0 Å². The number of esters is 1. The zero-order valence-corrected chi connectivity index (χ0v) is 15.0. The van der Waals surface area contributed by atoms with Gasteiger partial charge < -0.3 is 4.74 Å². The van der Waals surface area contributed by atoms with Crippen LogP contribution >= 0.6 is 27.5 Å². The number of carbonyl (C=O) groups is 1. The molecule has 0 bridgehead atoms. The topological polar surface area (TPSA) is 29.5 Å². The van der Waals surface area contributed by atoms with Gasteiger partial charge in [0.2, 0.25) is 0 Å². The van der Waals surface area contributed by atoms with Gasteiger partial charge in [-0.15, -0.1) is 0 Å². The summed E-state index contributed by atoms with van der Waals surface area (Å²) < 4.78 is 6.48. The average Bonchev–Trinajstić information content (AvgIpc) is 2.79. The van der Waals surface area contributed by atoms with Crippen molar-refractivity contribution in [2.24, 2.45) is 0 Å². The van der Waals surface area contributed by atoms with Gasteiger partial charge in [0, 0.05) is 16.0 Å². The molecule has 1 atom stereocenters. The lowest BCUT2D eigenvalue weighted by molar-refractivity contribution is -0.160. The van der Waals surface area contributed by atoms with E-state index in [9.17, 15) is 4.79 Å². The van der Waals surface area contributed by atoms with Crippen molar-refractivity contribution in [3.63, 3.8) is 0 Å². The summed E-state index contributed by atoms with van der Waals surface area (Å²) in [6.45, 7) is 7.27. The minimum atomic E-state index is -0.444. The van der Waals surface area contributed by atoms with E-state index < -0.39 is 5.60 Å². The number of ether oxygens (including phenoxy) is 1. The zero-order valence-electron chi connectivity index (χ0n) is 12.7. The first kappa shape index (κ1) is 16.8. The molecule has 1 saturated heterocycles. The molecule has 0 saturated carbocycles. The Morgan fingerprint density at radius 1 is 1.48 bits per heavy atom. The van der Waals surface area contributed by atoms with E-state index in [0.29, 0.717) is 6.54 Å². The van der Waals surface area contributed by atoms with Crippen LogP contribution in [-0.2, 0) is 16.1 Å². The van der Waals surface area contributed by atoms with Gasteiger partial charge >= 0.3 is 5.97 Å². The van der Waals surface area contributed by atoms with Crippen LogP contribution in [0.25, 0.3) is 0 Å². The maximum Gasteiger partial charge on any atom is 0.323 e. The molecule has 2 rings (SSSR count). The van der Waals surface area contributed by atoms with Gasteiger partial charge in [0.25, 0.3) is 0 Å². The highest BCUT2D eigenvalue weighted by atomic mass is 79.9. The number of rotatable bonds is 3. The fraction of sp³-hybridized carbons (Fsp3) is 0.562. The number of benzene rings is 1. The molecule has 1 aromatic rings. The molecule has 1 fully saturated rings. The summed E-state index contributed by atoms with van der Waals surface area (Å²) in [6, 6.07) is 5.69. The predicted octanol–water partition coefficient (Wildman–Crippen LogP) is 4.41. The van der Waals surface area contributed by atoms with Crippen LogP contribution in [0.1, 0.15) is 39.2 Å². The van der Waals surface area contributed by atoms with Crippen molar-refractivity contribution in [1.29, 1.82) is 0 Å². The molecule has 1 aliphatic rings. The van der Waals surface area contributed by atoms with Crippen LogP contribution in [0.4, 0.5) is 0 Å². The molecular weight excluding hydrogens is 354 g/mol. The Hall–Kier alpha value is -0.580. The first-order chi connectivity index (χ1) is 9.76. The minimum Gasteiger partial charge on any atom is -0.459 e. The lowest BCUT2D eigenvalue weighted by Gasteiger charge is -2.27. The van der Waals surface area contributed by atoms with Crippen LogP contribution in [0.2, 0.25) is 5.02 Å². The lowest BCUT2D eigenvalue weighted by atomic mass is 10.1. The second-order valence-electron chi connectivity index (χ2n) is 6.40. The highest BCUT2D eigenvalue weighted by molar-refractivity contribution is 9.10. The summed E-state index contributed by atoms with van der Waals surface area (Å²) in [7, 11) is 0. The quantitative estimate of drug-likeness (QED) is 0.734. The second kappa shape index (κ2) is 6.67. The van der Waals surface area contributed by atoms with E-state index in [2.05, 4.69) is 20.8 Å². The number of hydrogen-bond acceptors (Lipinski definition) is 3. The molecule has 3 nitrogen and oxygen atoms in total. The van der Waals surface area contributed by atoms with E-state index in [-0.39, 0.29) is 12.0 Å². The molecule has 1 aliphatic heterocycles. The second-order valence-corrected chi connectivity index (χ2v) is 7.72. The van der Waals surface area contributed by atoms with Crippen molar-refractivity contribution in [3.8, 4) is 0 Å². The minimum absolute atomic E-state index is 0.131. The van der Waals surface area contributed by atoms with Crippen molar-refractivity contribution in [1.82, 2.24) is 4.90 Å². The molecule has 1 aromatic carbocycles. The van der Waals surface area contributed by atoms with Gasteiger partial charge in [-0.05, 0) is 57.9 Å². The van der Waals surface area contributed by atoms with Crippen molar-refractivity contribution in [2.75, 3.05) is 6.54 Å². The molecule has 0 N–H and O–H groups in total. The van der Waals surface area contributed by atoms with Crippen molar-refractivity contribution in [2.45, 2.75) is 51.8 Å². The zero-order chi connectivity index (χ0) is 15.6. The van der Waals surface area contributed by atoms with E-state index in [1.807, 2.05) is 39.0 Å². The molecular formula is C16H21BrClNO2. The van der Waals surface area contributed by atoms with E-state index in [1.165, 1.54) is 0 Å². The Kier molecular flexibility index (Phi) is 5.33. The Morgan fingerprint density at radius 3 is 2.81 bits per heavy atom. The van der Waals surface area contributed by atoms with Crippen molar-refractivity contribution < 1.29 is 9.53 Å².